The molecule has 0 bridgehead atoms. The minimum absolute atomic E-state index is 0.00135. The van der Waals surface area contributed by atoms with Gasteiger partial charge in [0.2, 0.25) is 17.6 Å². The van der Waals surface area contributed by atoms with Gasteiger partial charge in [0.15, 0.2) is 0 Å². The lowest BCUT2D eigenvalue weighted by molar-refractivity contribution is -0.131. The molecular weight excluding hydrogens is 294 g/mol. The minimum atomic E-state index is 0.00135. The first kappa shape index (κ1) is 15.6. The van der Waals surface area contributed by atoms with Crippen LogP contribution in [0.4, 0.5) is 0 Å². The van der Waals surface area contributed by atoms with Gasteiger partial charge in [0.25, 0.3) is 0 Å². The lowest BCUT2D eigenvalue weighted by atomic mass is 10.2. The largest absolute Gasteiger partial charge is 0.339 e. The predicted octanol–water partition coefficient (Wildman–Crippen LogP) is 0.900. The Morgan fingerprint density at radius 2 is 1.96 bits per heavy atom. The smallest absolute Gasteiger partial charge is 0.244 e. The van der Waals surface area contributed by atoms with Gasteiger partial charge in [-0.2, -0.15) is 4.98 Å². The Labute approximate surface area is 135 Å². The van der Waals surface area contributed by atoms with E-state index >= 15 is 0 Å². The Morgan fingerprint density at radius 1 is 1.26 bits per heavy atom. The van der Waals surface area contributed by atoms with Crippen molar-refractivity contribution in [3.8, 4) is 11.4 Å². The quantitative estimate of drug-likeness (QED) is 0.902. The van der Waals surface area contributed by atoms with E-state index < -0.39 is 0 Å². The fourth-order valence-electron chi connectivity index (χ4n) is 2.75. The molecule has 1 aliphatic heterocycles. The molecule has 2 N–H and O–H groups in total. The van der Waals surface area contributed by atoms with Gasteiger partial charge < -0.3 is 15.2 Å². The number of carbonyl (C=O) groups excluding carboxylic acids is 1. The third kappa shape index (κ3) is 3.40. The zero-order chi connectivity index (χ0) is 16.2. The highest BCUT2D eigenvalue weighted by Gasteiger charge is 2.27. The van der Waals surface area contributed by atoms with E-state index in [1.807, 2.05) is 37.3 Å². The molecule has 1 unspecified atom stereocenters. The number of carbonyl (C=O) groups is 1. The molecule has 0 saturated carbocycles. The van der Waals surface area contributed by atoms with Gasteiger partial charge in [-0.3, -0.25) is 9.69 Å². The minimum Gasteiger partial charge on any atom is -0.339 e. The van der Waals surface area contributed by atoms with Crippen LogP contribution >= 0.6 is 0 Å². The van der Waals surface area contributed by atoms with Crippen molar-refractivity contribution in [3.63, 3.8) is 0 Å². The number of amides is 1. The van der Waals surface area contributed by atoms with Crippen LogP contribution < -0.4 is 5.73 Å². The SMILES string of the molecule is CC(c1nc(-c2ccccc2)no1)N1CCN(C(=O)CN)CC1. The molecule has 1 aliphatic rings. The van der Waals surface area contributed by atoms with Crippen molar-refractivity contribution in [2.24, 2.45) is 5.73 Å². The van der Waals surface area contributed by atoms with Gasteiger partial charge in [0.05, 0.1) is 12.6 Å². The van der Waals surface area contributed by atoms with Crippen LogP contribution in [0.25, 0.3) is 11.4 Å². The zero-order valence-corrected chi connectivity index (χ0v) is 13.2. The molecule has 7 nitrogen and oxygen atoms in total. The molecule has 0 aliphatic carbocycles. The van der Waals surface area contributed by atoms with E-state index in [4.69, 9.17) is 10.3 Å². The van der Waals surface area contributed by atoms with Crippen molar-refractivity contribution in [2.75, 3.05) is 32.7 Å². The van der Waals surface area contributed by atoms with Crippen LogP contribution in [0, 0.1) is 0 Å². The standard InChI is InChI=1S/C16H21N5O2/c1-12(20-7-9-21(10-8-20)14(22)11-17)16-18-15(19-23-16)13-5-3-2-4-6-13/h2-6,12H,7-11,17H2,1H3. The number of hydrogen-bond acceptors (Lipinski definition) is 6. The van der Waals surface area contributed by atoms with Crippen LogP contribution in [0.15, 0.2) is 34.9 Å². The molecule has 7 heteroatoms. The Morgan fingerprint density at radius 3 is 2.61 bits per heavy atom. The fraction of sp³-hybridized carbons (Fsp3) is 0.438. The summed E-state index contributed by atoms with van der Waals surface area (Å²) in [5, 5.41) is 4.06. The molecule has 2 heterocycles. The zero-order valence-electron chi connectivity index (χ0n) is 13.2. The van der Waals surface area contributed by atoms with Crippen molar-refractivity contribution < 1.29 is 9.32 Å². The summed E-state index contributed by atoms with van der Waals surface area (Å²) in [6, 6.07) is 9.78. The first-order chi connectivity index (χ1) is 11.2. The van der Waals surface area contributed by atoms with Crippen LogP contribution in [-0.4, -0.2) is 58.6 Å². The summed E-state index contributed by atoms with van der Waals surface area (Å²) < 4.78 is 5.43. The van der Waals surface area contributed by atoms with Gasteiger partial charge >= 0.3 is 0 Å². The monoisotopic (exact) mass is 315 g/mol. The van der Waals surface area contributed by atoms with Crippen LogP contribution in [0.1, 0.15) is 18.9 Å². The first-order valence-corrected chi connectivity index (χ1v) is 7.80. The summed E-state index contributed by atoms with van der Waals surface area (Å²) >= 11 is 0. The van der Waals surface area contributed by atoms with Gasteiger partial charge in [-0.25, -0.2) is 0 Å². The average molecular weight is 315 g/mol. The van der Waals surface area contributed by atoms with E-state index in [1.165, 1.54) is 0 Å². The van der Waals surface area contributed by atoms with Crippen LogP contribution in [-0.2, 0) is 4.79 Å². The van der Waals surface area contributed by atoms with E-state index in [9.17, 15) is 4.79 Å². The van der Waals surface area contributed by atoms with Crippen molar-refractivity contribution >= 4 is 5.91 Å². The third-order valence-corrected chi connectivity index (χ3v) is 4.22. The summed E-state index contributed by atoms with van der Waals surface area (Å²) in [5.74, 6) is 1.20. The Hall–Kier alpha value is -2.25. The molecule has 23 heavy (non-hydrogen) atoms. The number of nitrogens with zero attached hydrogens (tertiary/aromatic N) is 4. The Balaban J connectivity index is 1.64. The fourth-order valence-corrected chi connectivity index (χ4v) is 2.75. The number of rotatable bonds is 4. The van der Waals surface area contributed by atoms with Crippen molar-refractivity contribution in [1.82, 2.24) is 19.9 Å². The second-order valence-electron chi connectivity index (χ2n) is 5.62. The summed E-state index contributed by atoms with van der Waals surface area (Å²) in [6.45, 7) is 5.02. The average Bonchev–Trinajstić information content (AvgIpc) is 3.11. The normalized spacial score (nSPS) is 17.2. The maximum absolute atomic E-state index is 11.6. The summed E-state index contributed by atoms with van der Waals surface area (Å²) in [5.41, 5.74) is 6.35. The van der Waals surface area contributed by atoms with E-state index in [0.717, 1.165) is 18.7 Å². The van der Waals surface area contributed by atoms with Crippen molar-refractivity contribution in [3.05, 3.63) is 36.2 Å². The van der Waals surface area contributed by atoms with E-state index in [0.29, 0.717) is 24.8 Å². The molecule has 0 spiro atoms. The molecular formula is C16H21N5O2. The van der Waals surface area contributed by atoms with Gasteiger partial charge in [-0.1, -0.05) is 35.5 Å². The number of aromatic nitrogens is 2. The van der Waals surface area contributed by atoms with Gasteiger partial charge in [0.1, 0.15) is 0 Å². The van der Waals surface area contributed by atoms with Crippen molar-refractivity contribution in [1.29, 1.82) is 0 Å². The molecule has 0 radical (unpaired) electrons. The van der Waals surface area contributed by atoms with E-state index in [-0.39, 0.29) is 18.5 Å². The Bertz CT molecular complexity index is 650. The predicted molar refractivity (Wildman–Crippen MR) is 85.4 cm³/mol. The maximum atomic E-state index is 11.6. The summed E-state index contributed by atoms with van der Waals surface area (Å²) in [6.07, 6.45) is 0. The van der Waals surface area contributed by atoms with Gasteiger partial charge in [0, 0.05) is 31.7 Å². The molecule has 2 aromatic rings. The molecule has 1 amide bonds. The number of hydrogen-bond donors (Lipinski definition) is 1. The van der Waals surface area contributed by atoms with Gasteiger partial charge in [-0.15, -0.1) is 0 Å². The maximum Gasteiger partial charge on any atom is 0.244 e. The highest BCUT2D eigenvalue weighted by Crippen LogP contribution is 2.23. The van der Waals surface area contributed by atoms with Gasteiger partial charge in [-0.05, 0) is 6.92 Å². The third-order valence-electron chi connectivity index (χ3n) is 4.22. The Kier molecular flexibility index (Phi) is 4.68. The van der Waals surface area contributed by atoms with E-state index in [1.54, 1.807) is 4.90 Å². The topological polar surface area (TPSA) is 88.5 Å². The number of piperazine rings is 1. The number of nitrogens with two attached hydrogens (primary N) is 1. The molecule has 3 rings (SSSR count). The van der Waals surface area contributed by atoms with Crippen LogP contribution in [0.5, 0.6) is 0 Å². The molecule has 122 valence electrons. The first-order valence-electron chi connectivity index (χ1n) is 7.80. The highest BCUT2D eigenvalue weighted by molar-refractivity contribution is 5.78. The molecule has 1 fully saturated rings. The lowest BCUT2D eigenvalue weighted by Crippen LogP contribution is -2.50. The van der Waals surface area contributed by atoms with Crippen LogP contribution in [0.2, 0.25) is 0 Å². The molecule has 1 saturated heterocycles. The number of benzene rings is 1. The molecule has 1 aromatic heterocycles. The second kappa shape index (κ2) is 6.89. The lowest BCUT2D eigenvalue weighted by Gasteiger charge is -2.36. The molecule has 1 atom stereocenters. The van der Waals surface area contributed by atoms with Crippen molar-refractivity contribution in [2.45, 2.75) is 13.0 Å². The van der Waals surface area contributed by atoms with Crippen LogP contribution in [0.3, 0.4) is 0 Å². The van der Waals surface area contributed by atoms with E-state index in [2.05, 4.69) is 15.0 Å². The molecule has 1 aromatic carbocycles. The summed E-state index contributed by atoms with van der Waals surface area (Å²) in [7, 11) is 0. The second-order valence-corrected chi connectivity index (χ2v) is 5.62. The highest BCUT2D eigenvalue weighted by atomic mass is 16.5. The summed E-state index contributed by atoms with van der Waals surface area (Å²) in [4.78, 5) is 20.2.